The van der Waals surface area contributed by atoms with Gasteiger partial charge in [0.25, 0.3) is 11.5 Å². The van der Waals surface area contributed by atoms with Crippen LogP contribution in [0.5, 0.6) is 5.75 Å². The summed E-state index contributed by atoms with van der Waals surface area (Å²) in [5.74, 6) is -1.15. The third-order valence-electron chi connectivity index (χ3n) is 3.65. The molecule has 2 N–H and O–H groups in total. The monoisotopic (exact) mass is 433 g/mol. The molecule has 3 rings (SSSR count). The van der Waals surface area contributed by atoms with Gasteiger partial charge in [-0.3, -0.25) is 9.59 Å². The van der Waals surface area contributed by atoms with E-state index in [1.165, 1.54) is 0 Å². The molecule has 0 spiro atoms. The van der Waals surface area contributed by atoms with Crippen LogP contribution in [-0.4, -0.2) is 20.8 Å². The molecule has 0 bridgehead atoms. The number of aromatic nitrogens is 2. The molecule has 0 atom stereocenters. The number of carbonyl (C=O) groups excluding carboxylic acids is 1. The summed E-state index contributed by atoms with van der Waals surface area (Å²) < 4.78 is 1.88. The normalized spacial score (nSPS) is 10.6. The number of hydrogen-bond acceptors (Lipinski definition) is 4. The van der Waals surface area contributed by atoms with Crippen LogP contribution in [0.2, 0.25) is 5.02 Å². The second-order valence-electron chi connectivity index (χ2n) is 5.52. The maximum absolute atomic E-state index is 12.5. The zero-order valence-corrected chi connectivity index (χ0v) is 15.9. The third kappa shape index (κ3) is 3.79. The first-order chi connectivity index (χ1) is 12.3. The molecule has 0 aliphatic carbocycles. The van der Waals surface area contributed by atoms with Gasteiger partial charge >= 0.3 is 0 Å². The number of nitrogens with one attached hydrogen (secondary N) is 1. The summed E-state index contributed by atoms with van der Waals surface area (Å²) in [5.41, 5.74) is 0.923. The van der Waals surface area contributed by atoms with E-state index in [0.29, 0.717) is 16.4 Å². The summed E-state index contributed by atoms with van der Waals surface area (Å²) in [5, 5.41) is 17.1. The topological polar surface area (TPSA) is 84.2 Å². The largest absolute Gasteiger partial charge is 0.505 e. The van der Waals surface area contributed by atoms with Crippen molar-refractivity contribution in [2.24, 2.45) is 0 Å². The SMILES string of the molecule is Cc1ccc(Cl)cc1NC(=O)c1nn(-c2ccc(Br)cc2)c(=O)cc1O. The predicted molar refractivity (Wildman–Crippen MR) is 103 cm³/mol. The van der Waals surface area contributed by atoms with Gasteiger partial charge in [-0.05, 0) is 48.9 Å². The fraction of sp³-hybridized carbons (Fsp3) is 0.0556. The molecule has 6 nitrogen and oxygen atoms in total. The number of amides is 1. The Balaban J connectivity index is 2.00. The van der Waals surface area contributed by atoms with Crippen molar-refractivity contribution in [3.63, 3.8) is 0 Å². The number of anilines is 1. The van der Waals surface area contributed by atoms with Gasteiger partial charge in [-0.15, -0.1) is 0 Å². The highest BCUT2D eigenvalue weighted by Crippen LogP contribution is 2.22. The molecular weight excluding hydrogens is 422 g/mol. The fourth-order valence-electron chi connectivity index (χ4n) is 2.29. The van der Waals surface area contributed by atoms with Crippen LogP contribution >= 0.6 is 27.5 Å². The molecule has 0 radical (unpaired) electrons. The Hall–Kier alpha value is -2.64. The Kier molecular flexibility index (Phi) is 5.11. The molecule has 3 aromatic rings. The molecule has 1 heterocycles. The Morgan fingerprint density at radius 2 is 1.88 bits per heavy atom. The van der Waals surface area contributed by atoms with Gasteiger partial charge in [0.05, 0.1) is 5.69 Å². The molecule has 132 valence electrons. The first kappa shape index (κ1) is 18.2. The van der Waals surface area contributed by atoms with Crippen molar-refractivity contribution >= 4 is 39.1 Å². The van der Waals surface area contributed by atoms with Crippen LogP contribution in [0.15, 0.2) is 57.8 Å². The summed E-state index contributed by atoms with van der Waals surface area (Å²) in [7, 11) is 0. The molecule has 0 aliphatic rings. The van der Waals surface area contributed by atoms with Crippen molar-refractivity contribution in [3.8, 4) is 11.4 Å². The van der Waals surface area contributed by atoms with E-state index in [1.54, 1.807) is 42.5 Å². The van der Waals surface area contributed by atoms with Crippen LogP contribution in [0.4, 0.5) is 5.69 Å². The summed E-state index contributed by atoms with van der Waals surface area (Å²) in [6.07, 6.45) is 0. The number of benzene rings is 2. The van der Waals surface area contributed by atoms with E-state index in [0.717, 1.165) is 20.8 Å². The van der Waals surface area contributed by atoms with Gasteiger partial charge in [-0.2, -0.15) is 9.78 Å². The minimum Gasteiger partial charge on any atom is -0.505 e. The number of rotatable bonds is 3. The van der Waals surface area contributed by atoms with Gasteiger partial charge in [0.1, 0.15) is 0 Å². The Morgan fingerprint density at radius 3 is 2.58 bits per heavy atom. The highest BCUT2D eigenvalue weighted by Gasteiger charge is 2.18. The molecule has 1 aromatic heterocycles. The minimum absolute atomic E-state index is 0.271. The summed E-state index contributed by atoms with van der Waals surface area (Å²) >= 11 is 9.26. The molecule has 0 saturated heterocycles. The van der Waals surface area contributed by atoms with Crippen molar-refractivity contribution in [1.82, 2.24) is 9.78 Å². The zero-order valence-electron chi connectivity index (χ0n) is 13.5. The molecule has 0 unspecified atom stereocenters. The van der Waals surface area contributed by atoms with Gasteiger partial charge < -0.3 is 10.4 Å². The molecule has 0 fully saturated rings. The van der Waals surface area contributed by atoms with Gasteiger partial charge in [0.2, 0.25) is 0 Å². The third-order valence-corrected chi connectivity index (χ3v) is 4.41. The van der Waals surface area contributed by atoms with E-state index in [-0.39, 0.29) is 5.69 Å². The maximum Gasteiger partial charge on any atom is 0.280 e. The highest BCUT2D eigenvalue weighted by atomic mass is 79.9. The zero-order chi connectivity index (χ0) is 18.8. The van der Waals surface area contributed by atoms with Gasteiger partial charge in [0, 0.05) is 21.2 Å². The lowest BCUT2D eigenvalue weighted by Gasteiger charge is -2.11. The Bertz CT molecular complexity index is 1050. The second-order valence-corrected chi connectivity index (χ2v) is 6.87. The van der Waals surface area contributed by atoms with Crippen LogP contribution < -0.4 is 10.9 Å². The predicted octanol–water partition coefficient (Wildman–Crippen LogP) is 3.91. The second kappa shape index (κ2) is 7.31. The van der Waals surface area contributed by atoms with Crippen LogP contribution in [0.1, 0.15) is 16.1 Å². The van der Waals surface area contributed by atoms with E-state index < -0.39 is 17.2 Å². The molecule has 1 amide bonds. The molecule has 2 aromatic carbocycles. The Labute approximate surface area is 162 Å². The molecule has 0 aliphatic heterocycles. The van der Waals surface area contributed by atoms with Gasteiger partial charge in [-0.1, -0.05) is 33.6 Å². The molecule has 8 heteroatoms. The minimum atomic E-state index is -0.654. The lowest BCUT2D eigenvalue weighted by molar-refractivity contribution is 0.101. The summed E-state index contributed by atoms with van der Waals surface area (Å²) in [6.45, 7) is 1.81. The van der Waals surface area contributed by atoms with Crippen molar-refractivity contribution in [2.45, 2.75) is 6.92 Å². The molecule has 26 heavy (non-hydrogen) atoms. The number of halogens is 2. The average molecular weight is 435 g/mol. The standard InChI is InChI=1S/C18H13BrClN3O3/c1-10-2-5-12(20)8-14(10)21-18(26)17-15(24)9-16(25)23(22-17)13-6-3-11(19)4-7-13/h2-9,24H,1H3,(H,21,26). The number of nitrogens with zero attached hydrogens (tertiary/aromatic N) is 2. The smallest absolute Gasteiger partial charge is 0.280 e. The lowest BCUT2D eigenvalue weighted by atomic mass is 10.2. The summed E-state index contributed by atoms with van der Waals surface area (Å²) in [4.78, 5) is 24.7. The van der Waals surface area contributed by atoms with E-state index in [1.807, 2.05) is 6.92 Å². The quantitative estimate of drug-likeness (QED) is 0.654. The van der Waals surface area contributed by atoms with E-state index in [2.05, 4.69) is 26.3 Å². The van der Waals surface area contributed by atoms with Crippen molar-refractivity contribution in [2.75, 3.05) is 5.32 Å². The fourth-order valence-corrected chi connectivity index (χ4v) is 2.72. The van der Waals surface area contributed by atoms with Crippen molar-refractivity contribution in [3.05, 3.63) is 79.6 Å². The van der Waals surface area contributed by atoms with E-state index in [4.69, 9.17) is 11.6 Å². The van der Waals surface area contributed by atoms with Gasteiger partial charge in [-0.25, -0.2) is 0 Å². The van der Waals surface area contributed by atoms with Crippen LogP contribution in [0.25, 0.3) is 5.69 Å². The van der Waals surface area contributed by atoms with Crippen LogP contribution in [0.3, 0.4) is 0 Å². The maximum atomic E-state index is 12.5. The first-order valence-electron chi connectivity index (χ1n) is 7.52. The van der Waals surface area contributed by atoms with Crippen LogP contribution in [0, 0.1) is 6.92 Å². The van der Waals surface area contributed by atoms with E-state index >= 15 is 0 Å². The highest BCUT2D eigenvalue weighted by molar-refractivity contribution is 9.10. The summed E-state index contributed by atoms with van der Waals surface area (Å²) in [6, 6.07) is 12.8. The number of hydrogen-bond donors (Lipinski definition) is 2. The Morgan fingerprint density at radius 1 is 1.19 bits per heavy atom. The number of aryl methyl sites for hydroxylation is 1. The van der Waals surface area contributed by atoms with E-state index in [9.17, 15) is 14.7 Å². The lowest BCUT2D eigenvalue weighted by Crippen LogP contribution is -2.25. The van der Waals surface area contributed by atoms with Gasteiger partial charge in [0.15, 0.2) is 11.4 Å². The van der Waals surface area contributed by atoms with Crippen LogP contribution in [-0.2, 0) is 0 Å². The van der Waals surface area contributed by atoms with Crippen molar-refractivity contribution < 1.29 is 9.90 Å². The molecule has 0 saturated carbocycles. The number of aromatic hydroxyl groups is 1. The molecular formula is C18H13BrClN3O3. The number of carbonyl (C=O) groups is 1. The van der Waals surface area contributed by atoms with Crippen molar-refractivity contribution in [1.29, 1.82) is 0 Å². The average Bonchev–Trinajstić information content (AvgIpc) is 2.59. The first-order valence-corrected chi connectivity index (χ1v) is 8.69.